The number of hydrogen-bond acceptors (Lipinski definition) is 5. The van der Waals surface area contributed by atoms with Gasteiger partial charge in [-0.25, -0.2) is 4.79 Å². The Morgan fingerprint density at radius 3 is 2.64 bits per heavy atom. The SMILES string of the molecule is Cc1ccc(C)c(NC(=O)[C@H](C)OC(=O)CN2C(=O)N[C@@](C)(C3CC3)C2=O)c1. The predicted octanol–water partition coefficient (Wildman–Crippen LogP) is 1.89. The van der Waals surface area contributed by atoms with Gasteiger partial charge in [0.2, 0.25) is 0 Å². The molecule has 8 nitrogen and oxygen atoms in total. The van der Waals surface area contributed by atoms with E-state index in [-0.39, 0.29) is 5.92 Å². The van der Waals surface area contributed by atoms with Gasteiger partial charge in [-0.3, -0.25) is 19.3 Å². The zero-order chi connectivity index (χ0) is 20.6. The van der Waals surface area contributed by atoms with E-state index in [1.54, 1.807) is 6.92 Å². The quantitative estimate of drug-likeness (QED) is 0.573. The number of carbonyl (C=O) groups is 4. The van der Waals surface area contributed by atoms with E-state index in [1.807, 2.05) is 32.0 Å². The van der Waals surface area contributed by atoms with Crippen molar-refractivity contribution in [3.63, 3.8) is 0 Å². The number of anilines is 1. The Hall–Kier alpha value is -2.90. The number of esters is 1. The molecule has 0 spiro atoms. The third-order valence-corrected chi connectivity index (χ3v) is 5.31. The number of carbonyl (C=O) groups excluding carboxylic acids is 4. The number of amides is 4. The molecule has 150 valence electrons. The third-order valence-electron chi connectivity index (χ3n) is 5.31. The highest BCUT2D eigenvalue weighted by molar-refractivity contribution is 6.09. The van der Waals surface area contributed by atoms with Crippen molar-refractivity contribution in [2.45, 2.75) is 52.2 Å². The van der Waals surface area contributed by atoms with Crippen LogP contribution in [0.5, 0.6) is 0 Å². The van der Waals surface area contributed by atoms with Crippen LogP contribution < -0.4 is 10.6 Å². The van der Waals surface area contributed by atoms with Crippen molar-refractivity contribution in [1.29, 1.82) is 0 Å². The Bertz CT molecular complexity index is 848. The van der Waals surface area contributed by atoms with E-state index in [4.69, 9.17) is 4.74 Å². The molecule has 1 aliphatic carbocycles. The van der Waals surface area contributed by atoms with Crippen LogP contribution in [0.2, 0.25) is 0 Å². The number of benzene rings is 1. The van der Waals surface area contributed by atoms with Crippen LogP contribution in [0, 0.1) is 19.8 Å². The molecule has 1 aliphatic heterocycles. The highest BCUT2D eigenvalue weighted by Crippen LogP contribution is 2.42. The van der Waals surface area contributed by atoms with Gasteiger partial charge in [-0.15, -0.1) is 0 Å². The molecule has 0 bridgehead atoms. The Kier molecular flexibility index (Phi) is 5.14. The van der Waals surface area contributed by atoms with Gasteiger partial charge in [-0.1, -0.05) is 12.1 Å². The molecule has 2 atom stereocenters. The van der Waals surface area contributed by atoms with Crippen molar-refractivity contribution in [2.75, 3.05) is 11.9 Å². The zero-order valence-electron chi connectivity index (χ0n) is 16.5. The molecule has 8 heteroatoms. The molecular formula is C20H25N3O5. The first-order valence-corrected chi connectivity index (χ1v) is 9.33. The lowest BCUT2D eigenvalue weighted by Gasteiger charge is -2.21. The molecule has 4 amide bonds. The third kappa shape index (κ3) is 3.85. The van der Waals surface area contributed by atoms with Gasteiger partial charge in [-0.05, 0) is 63.6 Å². The minimum absolute atomic E-state index is 0.104. The molecule has 0 radical (unpaired) electrons. The summed E-state index contributed by atoms with van der Waals surface area (Å²) in [7, 11) is 0. The first-order chi connectivity index (χ1) is 13.1. The van der Waals surface area contributed by atoms with E-state index in [1.165, 1.54) is 6.92 Å². The number of ether oxygens (including phenoxy) is 1. The van der Waals surface area contributed by atoms with Crippen LogP contribution in [0.25, 0.3) is 0 Å². The molecule has 28 heavy (non-hydrogen) atoms. The van der Waals surface area contributed by atoms with E-state index in [0.717, 1.165) is 28.9 Å². The summed E-state index contributed by atoms with van der Waals surface area (Å²) in [6.45, 7) is 6.37. The summed E-state index contributed by atoms with van der Waals surface area (Å²) in [4.78, 5) is 50.0. The normalized spacial score (nSPS) is 22.6. The van der Waals surface area contributed by atoms with E-state index in [9.17, 15) is 19.2 Å². The Balaban J connectivity index is 1.57. The second-order valence-electron chi connectivity index (χ2n) is 7.74. The van der Waals surface area contributed by atoms with Gasteiger partial charge in [0, 0.05) is 5.69 Å². The number of hydrogen-bond donors (Lipinski definition) is 2. The van der Waals surface area contributed by atoms with Gasteiger partial charge >= 0.3 is 12.0 Å². The molecule has 1 saturated heterocycles. The van der Waals surface area contributed by atoms with Crippen LogP contribution in [0.15, 0.2) is 18.2 Å². The average Bonchev–Trinajstić information content (AvgIpc) is 3.44. The Morgan fingerprint density at radius 1 is 1.32 bits per heavy atom. The first kappa shape index (κ1) is 19.9. The number of imide groups is 1. The topological polar surface area (TPSA) is 105 Å². The van der Waals surface area contributed by atoms with Crippen molar-refractivity contribution in [2.24, 2.45) is 5.92 Å². The number of nitrogens with one attached hydrogen (secondary N) is 2. The maximum Gasteiger partial charge on any atom is 0.327 e. The van der Waals surface area contributed by atoms with Crippen molar-refractivity contribution < 1.29 is 23.9 Å². The van der Waals surface area contributed by atoms with Gasteiger partial charge < -0.3 is 15.4 Å². The highest BCUT2D eigenvalue weighted by atomic mass is 16.5. The smallest absolute Gasteiger partial charge is 0.327 e. The number of aryl methyl sites for hydroxylation is 2. The molecule has 2 fully saturated rings. The lowest BCUT2D eigenvalue weighted by molar-refractivity contribution is -0.155. The minimum Gasteiger partial charge on any atom is -0.451 e. The summed E-state index contributed by atoms with van der Waals surface area (Å²) in [5.74, 6) is -1.62. The van der Waals surface area contributed by atoms with Crippen LogP contribution in [0.4, 0.5) is 10.5 Å². The molecule has 1 heterocycles. The van der Waals surface area contributed by atoms with Gasteiger partial charge in [0.05, 0.1) is 0 Å². The molecule has 2 aliphatic rings. The predicted molar refractivity (Wildman–Crippen MR) is 101 cm³/mol. The van der Waals surface area contributed by atoms with Gasteiger partial charge in [0.15, 0.2) is 6.10 Å². The van der Waals surface area contributed by atoms with Crippen molar-refractivity contribution in [1.82, 2.24) is 10.2 Å². The summed E-state index contributed by atoms with van der Waals surface area (Å²) < 4.78 is 5.13. The van der Waals surface area contributed by atoms with E-state index in [2.05, 4.69) is 10.6 Å². The number of rotatable bonds is 6. The summed E-state index contributed by atoms with van der Waals surface area (Å²) in [6, 6.07) is 5.04. The average molecular weight is 387 g/mol. The fourth-order valence-corrected chi connectivity index (χ4v) is 3.32. The minimum atomic E-state index is -1.07. The largest absolute Gasteiger partial charge is 0.451 e. The fourth-order valence-electron chi connectivity index (χ4n) is 3.32. The standard InChI is InChI=1S/C20H25N3O5/c1-11-5-6-12(2)15(9-11)21-17(25)13(3)28-16(24)10-23-18(26)20(4,14-7-8-14)22-19(23)27/h5-6,9,13-14H,7-8,10H2,1-4H3,(H,21,25)(H,22,27)/t13-,20-/m0/s1. The van der Waals surface area contributed by atoms with E-state index >= 15 is 0 Å². The molecular weight excluding hydrogens is 362 g/mol. The van der Waals surface area contributed by atoms with E-state index < -0.39 is 42.0 Å². The Morgan fingerprint density at radius 2 is 2.00 bits per heavy atom. The lowest BCUT2D eigenvalue weighted by Crippen LogP contribution is -2.46. The molecule has 0 aromatic heterocycles. The molecule has 1 saturated carbocycles. The summed E-state index contributed by atoms with van der Waals surface area (Å²) in [5, 5.41) is 5.40. The van der Waals surface area contributed by atoms with Crippen LogP contribution in [0.3, 0.4) is 0 Å². The lowest BCUT2D eigenvalue weighted by atomic mass is 9.96. The first-order valence-electron chi connectivity index (χ1n) is 9.33. The number of urea groups is 1. The summed E-state index contributed by atoms with van der Waals surface area (Å²) in [5.41, 5.74) is 1.56. The van der Waals surface area contributed by atoms with Gasteiger partial charge in [-0.2, -0.15) is 0 Å². The van der Waals surface area contributed by atoms with Gasteiger partial charge in [0.25, 0.3) is 11.8 Å². The summed E-state index contributed by atoms with van der Waals surface area (Å²) in [6.07, 6.45) is 0.676. The summed E-state index contributed by atoms with van der Waals surface area (Å²) >= 11 is 0. The van der Waals surface area contributed by atoms with Crippen LogP contribution in [0.1, 0.15) is 37.8 Å². The highest BCUT2D eigenvalue weighted by Gasteiger charge is 2.56. The fraction of sp³-hybridized carbons (Fsp3) is 0.500. The Labute approximate surface area is 163 Å². The van der Waals surface area contributed by atoms with Crippen LogP contribution >= 0.6 is 0 Å². The second kappa shape index (κ2) is 7.26. The van der Waals surface area contributed by atoms with Crippen molar-refractivity contribution in [3.05, 3.63) is 29.3 Å². The number of nitrogens with zero attached hydrogens (tertiary/aromatic N) is 1. The van der Waals surface area contributed by atoms with Crippen LogP contribution in [-0.2, 0) is 19.1 Å². The van der Waals surface area contributed by atoms with Crippen molar-refractivity contribution in [3.8, 4) is 0 Å². The van der Waals surface area contributed by atoms with Crippen LogP contribution in [-0.4, -0.2) is 46.9 Å². The molecule has 1 aromatic rings. The van der Waals surface area contributed by atoms with E-state index in [0.29, 0.717) is 5.69 Å². The maximum atomic E-state index is 12.5. The maximum absolute atomic E-state index is 12.5. The monoisotopic (exact) mass is 387 g/mol. The molecule has 0 unspecified atom stereocenters. The molecule has 2 N–H and O–H groups in total. The zero-order valence-corrected chi connectivity index (χ0v) is 16.5. The molecule has 3 rings (SSSR count). The molecule has 1 aromatic carbocycles. The van der Waals surface area contributed by atoms with Crippen molar-refractivity contribution >= 4 is 29.5 Å². The second-order valence-corrected chi connectivity index (χ2v) is 7.74. The van der Waals surface area contributed by atoms with Gasteiger partial charge in [0.1, 0.15) is 12.1 Å².